The number of fused-ring (bicyclic) bond motifs is 1. The Morgan fingerprint density at radius 1 is 1.05 bits per heavy atom. The second-order valence-corrected chi connectivity index (χ2v) is 16.8. The molecule has 0 amide bonds. The number of hydrogen-bond donors (Lipinski definition) is 1. The summed E-state index contributed by atoms with van der Waals surface area (Å²) in [5, 5.41) is 13.8. The number of rotatable bonds is 10. The van der Waals surface area contributed by atoms with Crippen molar-refractivity contribution >= 4 is 34.6 Å². The van der Waals surface area contributed by atoms with Gasteiger partial charge in [-0.1, -0.05) is 88.4 Å². The van der Waals surface area contributed by atoms with Gasteiger partial charge >= 0.3 is 0 Å². The topological polar surface area (TPSA) is 79.2 Å². The maximum absolute atomic E-state index is 13.0. The summed E-state index contributed by atoms with van der Waals surface area (Å²) in [4.78, 5) is 13.0. The van der Waals surface area contributed by atoms with Crippen LogP contribution in [0, 0.1) is 5.41 Å². The molecule has 40 heavy (non-hydrogen) atoms. The van der Waals surface area contributed by atoms with E-state index in [0.717, 1.165) is 0 Å². The first-order valence-electron chi connectivity index (χ1n) is 13.5. The van der Waals surface area contributed by atoms with Crippen molar-refractivity contribution in [3.63, 3.8) is 0 Å². The van der Waals surface area contributed by atoms with Gasteiger partial charge in [-0.2, -0.15) is 0 Å². The van der Waals surface area contributed by atoms with Crippen LogP contribution in [0.25, 0.3) is 0 Å². The lowest BCUT2D eigenvalue weighted by atomic mass is 9.72. The summed E-state index contributed by atoms with van der Waals surface area (Å²) in [6.07, 6.45) is 0.726. The molecule has 216 valence electrons. The molecule has 1 aromatic heterocycles. The molecule has 3 unspecified atom stereocenters. The first kappa shape index (κ1) is 30.7. The van der Waals surface area contributed by atoms with Crippen molar-refractivity contribution in [1.29, 1.82) is 0 Å². The number of aliphatic hydroxyl groups excluding tert-OH is 1. The smallest absolute Gasteiger partial charge is 0.261 e. The minimum absolute atomic E-state index is 0.00402. The fraction of sp³-hybridized carbons (Fsp3) is 0.452. The number of aliphatic hydroxyl groups is 1. The predicted molar refractivity (Wildman–Crippen MR) is 163 cm³/mol. The summed E-state index contributed by atoms with van der Waals surface area (Å²) in [5.74, 6) is 0.196. The number of aromatic nitrogens is 1. The van der Waals surface area contributed by atoms with E-state index >= 15 is 0 Å². The number of halogens is 1. The first-order chi connectivity index (χ1) is 19.0. The minimum atomic E-state index is -2.78. The van der Waals surface area contributed by atoms with Gasteiger partial charge in [0.1, 0.15) is 12.9 Å². The van der Waals surface area contributed by atoms with Crippen molar-refractivity contribution in [2.75, 3.05) is 27.6 Å². The van der Waals surface area contributed by atoms with Crippen molar-refractivity contribution in [1.82, 2.24) is 4.57 Å². The Morgan fingerprint density at radius 2 is 1.62 bits per heavy atom. The Labute approximate surface area is 246 Å². The average Bonchev–Trinajstić information content (AvgIpc) is 2.93. The van der Waals surface area contributed by atoms with Crippen LogP contribution in [0.2, 0.25) is 5.04 Å². The second-order valence-electron chi connectivity index (χ2n) is 11.6. The highest BCUT2D eigenvalue weighted by atomic mass is 79.9. The molecule has 1 aliphatic rings. The van der Waals surface area contributed by atoms with Crippen LogP contribution in [0.4, 0.5) is 0 Å². The van der Waals surface area contributed by atoms with Gasteiger partial charge in [-0.15, -0.1) is 0 Å². The molecule has 0 saturated carbocycles. The molecule has 2 heterocycles. The van der Waals surface area contributed by atoms with Crippen molar-refractivity contribution in [2.45, 2.75) is 57.9 Å². The number of nitrogens with zero attached hydrogens (tertiary/aromatic N) is 1. The molecule has 3 aromatic rings. The van der Waals surface area contributed by atoms with Gasteiger partial charge in [-0.25, -0.2) is 0 Å². The van der Waals surface area contributed by atoms with Gasteiger partial charge in [-0.05, 0) is 37.8 Å². The second kappa shape index (κ2) is 12.3. The highest BCUT2D eigenvalue weighted by Crippen LogP contribution is 2.49. The van der Waals surface area contributed by atoms with Crippen LogP contribution in [-0.2, 0) is 20.4 Å². The number of pyridine rings is 1. The van der Waals surface area contributed by atoms with Gasteiger partial charge in [0, 0.05) is 31.9 Å². The van der Waals surface area contributed by atoms with Crippen molar-refractivity contribution in [3.8, 4) is 5.75 Å². The number of benzene rings is 2. The molecule has 1 N–H and O–H groups in total. The third-order valence-corrected chi connectivity index (χ3v) is 13.8. The van der Waals surface area contributed by atoms with E-state index in [0.29, 0.717) is 23.2 Å². The van der Waals surface area contributed by atoms with Crippen LogP contribution >= 0.6 is 15.9 Å². The van der Waals surface area contributed by atoms with Crippen LogP contribution in [-0.4, -0.2) is 51.7 Å². The zero-order valence-electron chi connectivity index (χ0n) is 24.1. The van der Waals surface area contributed by atoms with Crippen molar-refractivity contribution < 1.29 is 23.7 Å². The summed E-state index contributed by atoms with van der Waals surface area (Å²) in [5.41, 5.74) is -0.467. The Morgan fingerprint density at radius 3 is 2.12 bits per heavy atom. The van der Waals surface area contributed by atoms with E-state index in [1.54, 1.807) is 13.3 Å². The van der Waals surface area contributed by atoms with Crippen LogP contribution in [0.1, 0.15) is 45.9 Å². The average molecular weight is 631 g/mol. The highest BCUT2D eigenvalue weighted by molar-refractivity contribution is 9.10. The van der Waals surface area contributed by atoms with E-state index < -0.39 is 25.9 Å². The molecule has 9 heteroatoms. The zero-order chi connectivity index (χ0) is 29.1. The summed E-state index contributed by atoms with van der Waals surface area (Å²) in [7, 11) is 0.253. The molecule has 0 aliphatic carbocycles. The van der Waals surface area contributed by atoms with E-state index in [4.69, 9.17) is 18.6 Å². The molecule has 4 rings (SSSR count). The lowest BCUT2D eigenvalue weighted by molar-refractivity contribution is -0.169. The molecule has 0 radical (unpaired) electrons. The van der Waals surface area contributed by atoms with Crippen LogP contribution < -0.4 is 20.5 Å². The lowest BCUT2D eigenvalue weighted by Gasteiger charge is -2.48. The molecule has 0 fully saturated rings. The standard InChI is InChI=1S/C31H40BrNO6Si/c1-30(2,3)40(22-13-9-7-10-14-22,23-15-11-8-12-16-23)39-18-17-31(4)25(34)20-33-19-24(32)27(35)28(37-6)26(33)29(31)38-21-36-5/h7-16,19,25,29,34H,17-18,20-21H2,1-6H3. The molecule has 1 aliphatic heterocycles. The maximum Gasteiger partial charge on any atom is 0.261 e. The monoisotopic (exact) mass is 629 g/mol. The number of hydrogen-bond acceptors (Lipinski definition) is 6. The molecule has 0 bridgehead atoms. The van der Waals surface area contributed by atoms with Crippen molar-refractivity contribution in [3.05, 3.63) is 87.3 Å². The highest BCUT2D eigenvalue weighted by Gasteiger charge is 2.52. The fourth-order valence-corrected chi connectivity index (χ4v) is 11.0. The third kappa shape index (κ3) is 5.47. The van der Waals surface area contributed by atoms with E-state index in [2.05, 4.69) is 85.2 Å². The van der Waals surface area contributed by atoms with E-state index in [1.165, 1.54) is 17.5 Å². The summed E-state index contributed by atoms with van der Waals surface area (Å²) < 4.78 is 26.4. The zero-order valence-corrected chi connectivity index (χ0v) is 26.7. The maximum atomic E-state index is 13.0. The van der Waals surface area contributed by atoms with E-state index in [9.17, 15) is 9.90 Å². The molecule has 7 nitrogen and oxygen atoms in total. The van der Waals surface area contributed by atoms with Crippen LogP contribution in [0.5, 0.6) is 5.75 Å². The fourth-order valence-electron chi connectivity index (χ4n) is 6.01. The molecule has 0 spiro atoms. The Balaban J connectivity index is 1.76. The van der Waals surface area contributed by atoms with E-state index in [-0.39, 0.29) is 29.6 Å². The quantitative estimate of drug-likeness (QED) is 0.260. The molecule has 0 saturated heterocycles. The molecular formula is C31H40BrNO6Si. The summed E-state index contributed by atoms with van der Waals surface area (Å²) in [6.45, 7) is 9.38. The van der Waals surface area contributed by atoms with Gasteiger partial charge in [0.05, 0.1) is 23.4 Å². The van der Waals surface area contributed by atoms with Gasteiger partial charge in [0.2, 0.25) is 5.43 Å². The van der Waals surface area contributed by atoms with Crippen LogP contribution in [0.15, 0.2) is 76.1 Å². The molecular weight excluding hydrogens is 590 g/mol. The number of ether oxygens (including phenoxy) is 3. The Bertz CT molecular complexity index is 1300. The first-order valence-corrected chi connectivity index (χ1v) is 16.2. The Hall–Kier alpha value is -2.27. The Kier molecular flexibility index (Phi) is 9.44. The normalized spacial score (nSPS) is 21.2. The van der Waals surface area contributed by atoms with Crippen LogP contribution in [0.3, 0.4) is 0 Å². The predicted octanol–water partition coefficient (Wildman–Crippen LogP) is 4.63. The van der Waals surface area contributed by atoms with Crippen molar-refractivity contribution in [2.24, 2.45) is 5.41 Å². The largest absolute Gasteiger partial charge is 0.491 e. The summed E-state index contributed by atoms with van der Waals surface area (Å²) in [6, 6.07) is 21.0. The SMILES string of the molecule is COCOC1c2c(OC)c(=O)c(Br)cn2CC(O)C1(C)CCO[Si](c1ccccc1)(c1ccccc1)C(C)(C)C. The number of methoxy groups -OCH3 is 2. The summed E-state index contributed by atoms with van der Waals surface area (Å²) >= 11 is 3.34. The third-order valence-electron chi connectivity index (χ3n) is 8.15. The molecule has 2 aromatic carbocycles. The van der Waals surface area contributed by atoms with Gasteiger partial charge < -0.3 is 28.3 Å². The van der Waals surface area contributed by atoms with Gasteiger partial charge in [0.15, 0.2) is 5.75 Å². The molecule has 3 atom stereocenters. The van der Waals surface area contributed by atoms with Gasteiger partial charge in [-0.3, -0.25) is 4.79 Å². The van der Waals surface area contributed by atoms with E-state index in [1.807, 2.05) is 23.6 Å². The van der Waals surface area contributed by atoms with Gasteiger partial charge in [0.25, 0.3) is 8.32 Å². The minimum Gasteiger partial charge on any atom is -0.491 e. The lowest BCUT2D eigenvalue weighted by Crippen LogP contribution is -2.66.